The number of anilines is 1. The topological polar surface area (TPSA) is 62.2 Å². The third-order valence-corrected chi connectivity index (χ3v) is 6.28. The van der Waals surface area contributed by atoms with E-state index >= 15 is 0 Å². The summed E-state index contributed by atoms with van der Waals surface area (Å²) in [6.45, 7) is 6.66. The second-order valence-electron chi connectivity index (χ2n) is 8.88. The molecule has 28 heavy (non-hydrogen) atoms. The molecule has 5 rings (SSSR count). The standard InChI is InChI=1S/C22H27N5O/c1-14(2)8-20-24-10-16-12-26(13-19(16)25-20)21-18(4-3-7-23-21)22(28)27-11-15-5-6-17(27)9-15/h3-4,7,10,14-15,17H,5-6,8-9,11-13H2,1-2H3/t15-,17+/m1/s1. The summed E-state index contributed by atoms with van der Waals surface area (Å²) in [5.74, 6) is 3.05. The fourth-order valence-corrected chi connectivity index (χ4v) is 4.95. The summed E-state index contributed by atoms with van der Waals surface area (Å²) in [5, 5.41) is 0. The number of pyridine rings is 1. The van der Waals surface area contributed by atoms with Crippen molar-refractivity contribution in [3.63, 3.8) is 0 Å². The molecule has 1 aliphatic carbocycles. The van der Waals surface area contributed by atoms with Gasteiger partial charge in [0.1, 0.15) is 11.6 Å². The Morgan fingerprint density at radius 1 is 1.25 bits per heavy atom. The Bertz CT molecular complexity index is 912. The average Bonchev–Trinajstić information content (AvgIpc) is 3.41. The highest BCUT2D eigenvalue weighted by atomic mass is 16.2. The third kappa shape index (κ3) is 3.05. The van der Waals surface area contributed by atoms with Crippen LogP contribution in [-0.4, -0.2) is 38.3 Å². The van der Waals surface area contributed by atoms with Crippen LogP contribution in [0.1, 0.15) is 60.5 Å². The summed E-state index contributed by atoms with van der Waals surface area (Å²) in [4.78, 5) is 31.4. The van der Waals surface area contributed by atoms with Crippen molar-refractivity contribution >= 4 is 11.7 Å². The Balaban J connectivity index is 1.39. The molecule has 3 aliphatic rings. The number of fused-ring (bicyclic) bond motifs is 3. The zero-order chi connectivity index (χ0) is 19.3. The highest BCUT2D eigenvalue weighted by Gasteiger charge is 2.41. The maximum atomic E-state index is 13.3. The molecule has 1 saturated heterocycles. The van der Waals surface area contributed by atoms with Crippen molar-refractivity contribution in [1.29, 1.82) is 0 Å². The van der Waals surface area contributed by atoms with Crippen molar-refractivity contribution < 1.29 is 4.79 Å². The molecule has 146 valence electrons. The number of carbonyl (C=O) groups excluding carboxylic acids is 1. The SMILES string of the molecule is CC(C)Cc1ncc2c(n1)CN(c1ncccc1C(=O)N1C[C@@H]3CC[C@H]1C3)C2. The maximum Gasteiger partial charge on any atom is 0.257 e. The zero-order valence-electron chi connectivity index (χ0n) is 16.6. The van der Waals surface area contributed by atoms with Gasteiger partial charge in [-0.15, -0.1) is 0 Å². The zero-order valence-corrected chi connectivity index (χ0v) is 16.6. The normalized spacial score (nSPS) is 23.0. The lowest BCUT2D eigenvalue weighted by Crippen LogP contribution is -2.38. The number of hydrogen-bond acceptors (Lipinski definition) is 5. The minimum atomic E-state index is 0.137. The number of carbonyl (C=O) groups is 1. The Kier molecular flexibility index (Phi) is 4.29. The molecule has 6 heteroatoms. The molecule has 2 atom stereocenters. The van der Waals surface area contributed by atoms with Crippen LogP contribution in [0.15, 0.2) is 24.5 Å². The summed E-state index contributed by atoms with van der Waals surface area (Å²) in [7, 11) is 0. The third-order valence-electron chi connectivity index (χ3n) is 6.28. The summed E-state index contributed by atoms with van der Waals surface area (Å²) in [6.07, 6.45) is 8.20. The van der Waals surface area contributed by atoms with E-state index < -0.39 is 0 Å². The van der Waals surface area contributed by atoms with Gasteiger partial charge in [-0.3, -0.25) is 4.79 Å². The molecular weight excluding hydrogens is 350 g/mol. The van der Waals surface area contributed by atoms with E-state index in [1.807, 2.05) is 18.3 Å². The largest absolute Gasteiger partial charge is 0.346 e. The van der Waals surface area contributed by atoms with E-state index in [1.165, 1.54) is 12.8 Å². The van der Waals surface area contributed by atoms with Crippen LogP contribution in [0, 0.1) is 11.8 Å². The minimum absolute atomic E-state index is 0.137. The molecule has 0 aromatic carbocycles. The number of nitrogens with zero attached hydrogens (tertiary/aromatic N) is 5. The highest BCUT2D eigenvalue weighted by molar-refractivity contribution is 5.99. The van der Waals surface area contributed by atoms with Crippen molar-refractivity contribution in [2.75, 3.05) is 11.4 Å². The van der Waals surface area contributed by atoms with Gasteiger partial charge in [0, 0.05) is 43.5 Å². The van der Waals surface area contributed by atoms with E-state index in [2.05, 4.69) is 33.6 Å². The Morgan fingerprint density at radius 3 is 2.89 bits per heavy atom. The van der Waals surface area contributed by atoms with Crippen LogP contribution in [0.2, 0.25) is 0 Å². The van der Waals surface area contributed by atoms with E-state index in [0.29, 0.717) is 31.0 Å². The van der Waals surface area contributed by atoms with Crippen molar-refractivity contribution in [3.8, 4) is 0 Å². The average molecular weight is 377 g/mol. The van der Waals surface area contributed by atoms with Crippen molar-refractivity contribution in [1.82, 2.24) is 19.9 Å². The predicted molar refractivity (Wildman–Crippen MR) is 107 cm³/mol. The molecule has 2 aliphatic heterocycles. The molecule has 0 unspecified atom stereocenters. The van der Waals surface area contributed by atoms with Gasteiger partial charge in [-0.05, 0) is 43.2 Å². The number of aromatic nitrogens is 3. The smallest absolute Gasteiger partial charge is 0.257 e. The van der Waals surface area contributed by atoms with Crippen LogP contribution in [0.3, 0.4) is 0 Å². The van der Waals surface area contributed by atoms with Crippen LogP contribution < -0.4 is 4.90 Å². The van der Waals surface area contributed by atoms with Gasteiger partial charge in [0.15, 0.2) is 0 Å². The number of piperidine rings is 1. The van der Waals surface area contributed by atoms with E-state index in [0.717, 1.165) is 47.8 Å². The Labute approximate surface area is 166 Å². The molecule has 4 heterocycles. The lowest BCUT2D eigenvalue weighted by Gasteiger charge is -2.28. The first-order valence-corrected chi connectivity index (χ1v) is 10.4. The van der Waals surface area contributed by atoms with Crippen LogP contribution in [0.5, 0.6) is 0 Å². The number of likely N-dealkylation sites (tertiary alicyclic amines) is 1. The fourth-order valence-electron chi connectivity index (χ4n) is 4.95. The first kappa shape index (κ1) is 17.6. The van der Waals surface area contributed by atoms with Crippen LogP contribution in [0.25, 0.3) is 0 Å². The molecule has 0 radical (unpaired) electrons. The lowest BCUT2D eigenvalue weighted by atomic mass is 10.1. The van der Waals surface area contributed by atoms with E-state index in [1.54, 1.807) is 6.20 Å². The molecule has 1 amide bonds. The van der Waals surface area contributed by atoms with Crippen LogP contribution in [-0.2, 0) is 19.5 Å². The quantitative estimate of drug-likeness (QED) is 0.819. The molecule has 6 nitrogen and oxygen atoms in total. The Hall–Kier alpha value is -2.50. The van der Waals surface area contributed by atoms with Crippen molar-refractivity contribution in [3.05, 3.63) is 47.2 Å². The number of amides is 1. The Morgan fingerprint density at radius 2 is 2.14 bits per heavy atom. The van der Waals surface area contributed by atoms with E-state index in [-0.39, 0.29) is 5.91 Å². The second kappa shape index (κ2) is 6.83. The molecular formula is C22H27N5O. The monoisotopic (exact) mass is 377 g/mol. The maximum absolute atomic E-state index is 13.3. The highest BCUT2D eigenvalue weighted by Crippen LogP contribution is 2.39. The first-order valence-electron chi connectivity index (χ1n) is 10.4. The van der Waals surface area contributed by atoms with Gasteiger partial charge in [-0.25, -0.2) is 15.0 Å². The molecule has 2 aromatic heterocycles. The van der Waals surface area contributed by atoms with Crippen LogP contribution >= 0.6 is 0 Å². The predicted octanol–water partition coefficient (Wildman–Crippen LogP) is 3.21. The summed E-state index contributed by atoms with van der Waals surface area (Å²) in [6, 6.07) is 4.22. The summed E-state index contributed by atoms with van der Waals surface area (Å²) >= 11 is 0. The van der Waals surface area contributed by atoms with Gasteiger partial charge in [-0.1, -0.05) is 13.8 Å². The number of rotatable bonds is 4. The molecule has 2 aromatic rings. The molecule has 1 saturated carbocycles. The lowest BCUT2D eigenvalue weighted by molar-refractivity contribution is 0.0704. The fraction of sp³-hybridized carbons (Fsp3) is 0.545. The molecule has 0 spiro atoms. The molecule has 0 N–H and O–H groups in total. The van der Waals surface area contributed by atoms with E-state index in [9.17, 15) is 4.79 Å². The molecule has 2 bridgehead atoms. The van der Waals surface area contributed by atoms with Crippen molar-refractivity contribution in [2.24, 2.45) is 11.8 Å². The first-order chi connectivity index (χ1) is 13.6. The minimum Gasteiger partial charge on any atom is -0.346 e. The van der Waals surface area contributed by atoms with E-state index in [4.69, 9.17) is 4.98 Å². The summed E-state index contributed by atoms with van der Waals surface area (Å²) < 4.78 is 0. The van der Waals surface area contributed by atoms with Gasteiger partial charge in [0.05, 0.1) is 17.8 Å². The van der Waals surface area contributed by atoms with Gasteiger partial charge < -0.3 is 9.80 Å². The van der Waals surface area contributed by atoms with Gasteiger partial charge in [0.25, 0.3) is 5.91 Å². The second-order valence-corrected chi connectivity index (χ2v) is 8.88. The summed E-state index contributed by atoms with van der Waals surface area (Å²) in [5.41, 5.74) is 2.92. The van der Waals surface area contributed by atoms with Crippen molar-refractivity contribution in [2.45, 2.75) is 58.7 Å². The van der Waals surface area contributed by atoms with Crippen LogP contribution in [0.4, 0.5) is 5.82 Å². The van der Waals surface area contributed by atoms with Gasteiger partial charge in [0.2, 0.25) is 0 Å². The van der Waals surface area contributed by atoms with Gasteiger partial charge >= 0.3 is 0 Å². The molecule has 2 fully saturated rings. The number of hydrogen-bond donors (Lipinski definition) is 0. The van der Waals surface area contributed by atoms with Gasteiger partial charge in [-0.2, -0.15) is 0 Å².